The Morgan fingerprint density at radius 3 is 2.61 bits per heavy atom. The Balaban J connectivity index is 1.98. The zero-order chi connectivity index (χ0) is 22.9. The van der Waals surface area contributed by atoms with Gasteiger partial charge in [0.1, 0.15) is 5.82 Å². The number of rotatable bonds is 6. The number of benzene rings is 1. The van der Waals surface area contributed by atoms with Gasteiger partial charge in [-0.15, -0.1) is 0 Å². The maximum atomic E-state index is 13.5. The predicted molar refractivity (Wildman–Crippen MR) is 112 cm³/mol. The van der Waals surface area contributed by atoms with Gasteiger partial charge in [-0.25, -0.2) is 4.39 Å². The number of aliphatic hydroxyl groups is 1. The Kier molecular flexibility index (Phi) is 6.28. The Morgan fingerprint density at radius 2 is 1.97 bits per heavy atom. The highest BCUT2D eigenvalue weighted by atomic mass is 19.1. The third-order valence-electron chi connectivity index (χ3n) is 5.22. The summed E-state index contributed by atoms with van der Waals surface area (Å²) in [6, 6.07) is 4.22. The van der Waals surface area contributed by atoms with Crippen LogP contribution in [-0.2, 0) is 22.7 Å². The number of aromatic nitrogens is 1. The molecule has 9 heteroatoms. The van der Waals surface area contributed by atoms with Crippen LogP contribution in [-0.4, -0.2) is 46.0 Å². The summed E-state index contributed by atoms with van der Waals surface area (Å²) in [6.45, 7) is 6.81. The summed E-state index contributed by atoms with van der Waals surface area (Å²) >= 11 is 0. The van der Waals surface area contributed by atoms with Crippen LogP contribution in [0, 0.1) is 19.7 Å². The summed E-state index contributed by atoms with van der Waals surface area (Å²) in [4.78, 5) is 38.6. The van der Waals surface area contributed by atoms with Gasteiger partial charge in [-0.2, -0.15) is 0 Å². The second-order valence-corrected chi connectivity index (χ2v) is 8.24. The van der Waals surface area contributed by atoms with Crippen LogP contribution in [0.1, 0.15) is 51.5 Å². The minimum atomic E-state index is -0.971. The van der Waals surface area contributed by atoms with Crippen LogP contribution >= 0.6 is 0 Å². The van der Waals surface area contributed by atoms with E-state index in [1.54, 1.807) is 32.3 Å². The van der Waals surface area contributed by atoms with Crippen LogP contribution in [0.4, 0.5) is 10.1 Å². The van der Waals surface area contributed by atoms with Crippen LogP contribution in [0.3, 0.4) is 0 Å². The standard InChI is InChI=1S/C22H26FN3O5/c1-12-9-14(5-6-15(12)23)24-20(29)17-13(2)18(26-7-8-31-10-16(17)26)19(28)21(30)25-22(3,4)11-27/h5-6,9,27H,7-8,10-11H2,1-4H3,(H,24,29)(H,25,30). The number of aliphatic hydroxyl groups excluding tert-OH is 1. The number of ether oxygens (including phenoxy) is 1. The van der Waals surface area contributed by atoms with Gasteiger partial charge in [0.15, 0.2) is 0 Å². The molecular formula is C22H26FN3O5. The fourth-order valence-electron chi connectivity index (χ4n) is 3.55. The van der Waals surface area contributed by atoms with Crippen molar-refractivity contribution in [3.8, 4) is 0 Å². The topological polar surface area (TPSA) is 110 Å². The monoisotopic (exact) mass is 431 g/mol. The van der Waals surface area contributed by atoms with E-state index in [9.17, 15) is 23.9 Å². The SMILES string of the molecule is Cc1cc(NC(=O)c2c(C)c(C(=O)C(=O)NC(C)(C)CO)n3c2COCC3)ccc1F. The van der Waals surface area contributed by atoms with Gasteiger partial charge in [-0.1, -0.05) is 0 Å². The molecule has 1 aromatic heterocycles. The second kappa shape index (κ2) is 8.60. The molecule has 0 saturated heterocycles. The molecule has 1 aliphatic heterocycles. The molecule has 0 aliphatic carbocycles. The van der Waals surface area contributed by atoms with Gasteiger partial charge in [-0.3, -0.25) is 14.4 Å². The van der Waals surface area contributed by atoms with Gasteiger partial charge >= 0.3 is 0 Å². The highest BCUT2D eigenvalue weighted by Gasteiger charge is 2.34. The molecule has 2 aromatic rings. The highest BCUT2D eigenvalue weighted by molar-refractivity contribution is 6.43. The largest absolute Gasteiger partial charge is 0.394 e. The van der Waals surface area contributed by atoms with Gasteiger partial charge in [0.05, 0.1) is 42.3 Å². The lowest BCUT2D eigenvalue weighted by molar-refractivity contribution is -0.119. The van der Waals surface area contributed by atoms with E-state index in [1.165, 1.54) is 18.2 Å². The molecule has 0 radical (unpaired) electrons. The molecule has 3 N–H and O–H groups in total. The first kappa shape index (κ1) is 22.6. The quantitative estimate of drug-likeness (QED) is 0.479. The normalized spacial score (nSPS) is 13.5. The van der Waals surface area contributed by atoms with E-state index in [0.29, 0.717) is 35.7 Å². The Bertz CT molecular complexity index is 1060. The van der Waals surface area contributed by atoms with Gasteiger partial charge in [0, 0.05) is 12.2 Å². The fraction of sp³-hybridized carbons (Fsp3) is 0.409. The number of hydrogen-bond donors (Lipinski definition) is 3. The van der Waals surface area contributed by atoms with Gasteiger partial charge in [-0.05, 0) is 57.0 Å². The first-order valence-corrected chi connectivity index (χ1v) is 9.90. The summed E-state index contributed by atoms with van der Waals surface area (Å²) in [5.74, 6) is -2.52. The Hall–Kier alpha value is -3.04. The number of ketones is 1. The van der Waals surface area contributed by atoms with Crippen LogP contribution < -0.4 is 10.6 Å². The minimum absolute atomic E-state index is 0.114. The summed E-state index contributed by atoms with van der Waals surface area (Å²) < 4.78 is 20.7. The highest BCUT2D eigenvalue weighted by Crippen LogP contribution is 2.28. The molecule has 1 aromatic carbocycles. The smallest absolute Gasteiger partial charge is 0.294 e. The van der Waals surface area contributed by atoms with Crippen molar-refractivity contribution in [3.05, 3.63) is 52.1 Å². The predicted octanol–water partition coefficient (Wildman–Crippen LogP) is 2.10. The molecule has 0 bridgehead atoms. The molecule has 1 aliphatic rings. The van der Waals surface area contributed by atoms with E-state index in [0.717, 1.165) is 0 Å². The minimum Gasteiger partial charge on any atom is -0.394 e. The van der Waals surface area contributed by atoms with Crippen molar-refractivity contribution in [1.82, 2.24) is 9.88 Å². The number of amides is 2. The average Bonchev–Trinajstić information content (AvgIpc) is 3.01. The van der Waals surface area contributed by atoms with Crippen molar-refractivity contribution in [2.75, 3.05) is 18.5 Å². The first-order valence-electron chi connectivity index (χ1n) is 9.90. The number of halogens is 1. The lowest BCUT2D eigenvalue weighted by Crippen LogP contribution is -2.49. The van der Waals surface area contributed by atoms with E-state index < -0.39 is 23.1 Å². The van der Waals surface area contributed by atoms with Crippen molar-refractivity contribution < 1.29 is 28.6 Å². The molecule has 0 unspecified atom stereocenters. The lowest BCUT2D eigenvalue weighted by atomic mass is 10.0. The number of carbonyl (C=O) groups excluding carboxylic acids is 3. The summed E-state index contributed by atoms with van der Waals surface area (Å²) in [6.07, 6.45) is 0. The van der Waals surface area contributed by atoms with Crippen LogP contribution in [0.25, 0.3) is 0 Å². The van der Waals surface area contributed by atoms with Crippen LogP contribution in [0.5, 0.6) is 0 Å². The molecule has 31 heavy (non-hydrogen) atoms. The Labute approximate surface area is 179 Å². The fourth-order valence-corrected chi connectivity index (χ4v) is 3.55. The van der Waals surface area contributed by atoms with E-state index in [2.05, 4.69) is 10.6 Å². The molecule has 0 fully saturated rings. The number of carbonyl (C=O) groups is 3. The first-order chi connectivity index (χ1) is 14.6. The average molecular weight is 431 g/mol. The summed E-state index contributed by atoms with van der Waals surface area (Å²) in [5, 5.41) is 14.6. The van der Waals surface area contributed by atoms with Gasteiger partial charge in [0.25, 0.3) is 17.6 Å². The van der Waals surface area contributed by atoms with E-state index in [-0.39, 0.29) is 30.3 Å². The maximum Gasteiger partial charge on any atom is 0.294 e. The van der Waals surface area contributed by atoms with Crippen molar-refractivity contribution in [2.45, 2.75) is 46.4 Å². The van der Waals surface area contributed by atoms with Crippen molar-refractivity contribution in [1.29, 1.82) is 0 Å². The second-order valence-electron chi connectivity index (χ2n) is 8.24. The molecular weight excluding hydrogens is 405 g/mol. The van der Waals surface area contributed by atoms with Crippen molar-refractivity contribution in [2.24, 2.45) is 0 Å². The summed E-state index contributed by atoms with van der Waals surface area (Å²) in [7, 11) is 0. The number of hydrogen-bond acceptors (Lipinski definition) is 5. The molecule has 8 nitrogen and oxygen atoms in total. The number of anilines is 1. The number of Topliss-reactive ketones (excluding diaryl/α,β-unsaturated/α-hetero) is 1. The third-order valence-corrected chi connectivity index (χ3v) is 5.22. The summed E-state index contributed by atoms with van der Waals surface area (Å²) in [5.41, 5.74) is 1.05. The number of aryl methyl sites for hydroxylation is 1. The maximum absolute atomic E-state index is 13.5. The number of fused-ring (bicyclic) bond motifs is 1. The molecule has 0 saturated carbocycles. The van der Waals surface area contributed by atoms with E-state index >= 15 is 0 Å². The number of nitrogens with one attached hydrogen (secondary N) is 2. The zero-order valence-corrected chi connectivity index (χ0v) is 18.0. The molecule has 0 spiro atoms. The molecule has 166 valence electrons. The lowest BCUT2D eigenvalue weighted by Gasteiger charge is -2.23. The van der Waals surface area contributed by atoms with E-state index in [1.807, 2.05) is 0 Å². The van der Waals surface area contributed by atoms with Crippen LogP contribution in [0.15, 0.2) is 18.2 Å². The molecule has 3 rings (SSSR count). The molecule has 2 heterocycles. The van der Waals surface area contributed by atoms with Crippen LogP contribution in [0.2, 0.25) is 0 Å². The Morgan fingerprint density at radius 1 is 1.26 bits per heavy atom. The van der Waals surface area contributed by atoms with Gasteiger partial charge < -0.3 is 25.0 Å². The number of nitrogens with zero attached hydrogens (tertiary/aromatic N) is 1. The van der Waals surface area contributed by atoms with Crippen molar-refractivity contribution in [3.63, 3.8) is 0 Å². The zero-order valence-electron chi connectivity index (χ0n) is 18.0. The van der Waals surface area contributed by atoms with Crippen molar-refractivity contribution >= 4 is 23.3 Å². The third kappa shape index (κ3) is 4.52. The van der Waals surface area contributed by atoms with Gasteiger partial charge in [0.2, 0.25) is 0 Å². The molecule has 2 amide bonds. The van der Waals surface area contributed by atoms with E-state index in [4.69, 9.17) is 4.74 Å². The molecule has 0 atom stereocenters.